The third kappa shape index (κ3) is 4.32. The zero-order valence-corrected chi connectivity index (χ0v) is 15.3. The maximum atomic E-state index is 12.3. The van der Waals surface area contributed by atoms with Crippen molar-refractivity contribution >= 4 is 16.8 Å². The monoisotopic (exact) mass is 346 g/mol. The zero-order chi connectivity index (χ0) is 18.4. The normalized spacial score (nSPS) is 10.9. The summed E-state index contributed by atoms with van der Waals surface area (Å²) in [7, 11) is 3.13. The Kier molecular flexibility index (Phi) is 6.44. The molecule has 0 aliphatic carbocycles. The van der Waals surface area contributed by atoms with E-state index in [0.29, 0.717) is 35.5 Å². The molecule has 6 nitrogen and oxygen atoms in total. The van der Waals surface area contributed by atoms with Crippen molar-refractivity contribution in [2.45, 2.75) is 33.1 Å². The molecular weight excluding hydrogens is 320 g/mol. The number of aromatic amines is 1. The molecule has 1 heterocycles. The number of fused-ring (bicyclic) bond motifs is 1. The van der Waals surface area contributed by atoms with Crippen LogP contribution in [0.4, 0.5) is 0 Å². The van der Waals surface area contributed by atoms with Gasteiger partial charge in [0.15, 0.2) is 11.5 Å². The van der Waals surface area contributed by atoms with E-state index >= 15 is 0 Å². The Labute approximate surface area is 147 Å². The number of hydrogen-bond acceptors (Lipinski definition) is 4. The number of ether oxygens (including phenoxy) is 2. The fourth-order valence-electron chi connectivity index (χ4n) is 2.89. The minimum atomic E-state index is -0.156. The number of pyridine rings is 1. The quantitative estimate of drug-likeness (QED) is 0.770. The second kappa shape index (κ2) is 8.55. The maximum absolute atomic E-state index is 12.3. The molecular formula is C19H26N2O4. The number of benzene rings is 1. The molecule has 0 aliphatic heterocycles. The molecule has 2 N–H and O–H groups in total. The van der Waals surface area contributed by atoms with Gasteiger partial charge in [-0.1, -0.05) is 13.8 Å². The van der Waals surface area contributed by atoms with Crippen LogP contribution in [0, 0.1) is 5.92 Å². The van der Waals surface area contributed by atoms with Gasteiger partial charge in [-0.05, 0) is 31.4 Å². The lowest BCUT2D eigenvalue weighted by Gasteiger charge is -2.13. The molecule has 0 radical (unpaired) electrons. The predicted molar refractivity (Wildman–Crippen MR) is 98.5 cm³/mol. The summed E-state index contributed by atoms with van der Waals surface area (Å²) in [5, 5.41) is 3.77. The number of rotatable bonds is 8. The van der Waals surface area contributed by atoms with Gasteiger partial charge in [0, 0.05) is 29.5 Å². The van der Waals surface area contributed by atoms with E-state index in [-0.39, 0.29) is 17.4 Å². The van der Waals surface area contributed by atoms with E-state index in [1.165, 1.54) is 0 Å². The largest absolute Gasteiger partial charge is 0.493 e. The summed E-state index contributed by atoms with van der Waals surface area (Å²) >= 11 is 0. The van der Waals surface area contributed by atoms with E-state index in [1.54, 1.807) is 20.3 Å². The number of nitrogens with one attached hydrogen (secondary N) is 2. The summed E-state index contributed by atoms with van der Waals surface area (Å²) in [4.78, 5) is 27.2. The van der Waals surface area contributed by atoms with Crippen LogP contribution in [0.2, 0.25) is 0 Å². The smallest absolute Gasteiger partial charge is 0.251 e. The molecule has 2 rings (SSSR count). The number of amides is 1. The van der Waals surface area contributed by atoms with Gasteiger partial charge in [0.25, 0.3) is 5.56 Å². The second-order valence-electron chi connectivity index (χ2n) is 5.97. The van der Waals surface area contributed by atoms with Crippen LogP contribution in [-0.2, 0) is 11.2 Å². The summed E-state index contributed by atoms with van der Waals surface area (Å²) in [5.74, 6) is 1.26. The molecule has 0 atom stereocenters. The molecule has 0 unspecified atom stereocenters. The Bertz CT molecular complexity index is 794. The minimum Gasteiger partial charge on any atom is -0.493 e. The number of H-pyrrole nitrogens is 1. The van der Waals surface area contributed by atoms with Gasteiger partial charge in [0.05, 0.1) is 19.7 Å². The van der Waals surface area contributed by atoms with Gasteiger partial charge < -0.3 is 19.8 Å². The van der Waals surface area contributed by atoms with Gasteiger partial charge in [-0.3, -0.25) is 9.59 Å². The van der Waals surface area contributed by atoms with Crippen LogP contribution in [0.1, 0.15) is 32.3 Å². The lowest BCUT2D eigenvalue weighted by atomic mass is 10.0. The number of carbonyl (C=O) groups is 1. The molecule has 1 aromatic heterocycles. The van der Waals surface area contributed by atoms with Crippen LogP contribution in [0.3, 0.4) is 0 Å². The molecule has 0 saturated carbocycles. The van der Waals surface area contributed by atoms with Gasteiger partial charge in [-0.2, -0.15) is 0 Å². The van der Waals surface area contributed by atoms with Crippen LogP contribution in [0.25, 0.3) is 10.9 Å². The molecule has 0 saturated heterocycles. The molecule has 1 aromatic carbocycles. The molecule has 25 heavy (non-hydrogen) atoms. The highest BCUT2D eigenvalue weighted by molar-refractivity contribution is 5.83. The summed E-state index contributed by atoms with van der Waals surface area (Å²) < 4.78 is 10.6. The highest BCUT2D eigenvalue weighted by Gasteiger charge is 2.14. The van der Waals surface area contributed by atoms with Crippen LogP contribution in [0.15, 0.2) is 23.0 Å². The Morgan fingerprint density at radius 2 is 1.76 bits per heavy atom. The van der Waals surface area contributed by atoms with Gasteiger partial charge in [0.2, 0.25) is 5.91 Å². The molecule has 0 bridgehead atoms. The Morgan fingerprint density at radius 3 is 2.36 bits per heavy atom. The third-order valence-corrected chi connectivity index (χ3v) is 4.48. The Morgan fingerprint density at radius 1 is 1.12 bits per heavy atom. The first kappa shape index (κ1) is 18.8. The van der Waals surface area contributed by atoms with E-state index in [0.717, 1.165) is 18.2 Å². The van der Waals surface area contributed by atoms with Crippen molar-refractivity contribution in [3.63, 3.8) is 0 Å². The van der Waals surface area contributed by atoms with E-state index in [2.05, 4.69) is 10.3 Å². The van der Waals surface area contributed by atoms with Crippen LogP contribution in [0.5, 0.6) is 11.5 Å². The van der Waals surface area contributed by atoms with E-state index in [9.17, 15) is 9.59 Å². The first-order valence-electron chi connectivity index (χ1n) is 8.59. The van der Waals surface area contributed by atoms with Gasteiger partial charge in [0.1, 0.15) is 0 Å². The SMILES string of the molecule is CCC(CC)C(=O)NCCc1cc2cc(OC)c(OC)cc2[nH]c1=O. The van der Waals surface area contributed by atoms with Crippen molar-refractivity contribution in [2.75, 3.05) is 20.8 Å². The number of carbonyl (C=O) groups excluding carboxylic acids is 1. The first-order chi connectivity index (χ1) is 12.0. The Hall–Kier alpha value is -2.50. The lowest BCUT2D eigenvalue weighted by molar-refractivity contribution is -0.125. The minimum absolute atomic E-state index is 0.0339. The predicted octanol–water partition coefficient (Wildman–Crippen LogP) is 2.64. The Balaban J connectivity index is 2.17. The lowest BCUT2D eigenvalue weighted by Crippen LogP contribution is -2.32. The molecule has 0 spiro atoms. The summed E-state index contributed by atoms with van der Waals surface area (Å²) in [5.41, 5.74) is 1.16. The topological polar surface area (TPSA) is 80.4 Å². The average molecular weight is 346 g/mol. The van der Waals surface area contributed by atoms with Crippen molar-refractivity contribution in [3.05, 3.63) is 34.1 Å². The van der Waals surface area contributed by atoms with E-state index < -0.39 is 0 Å². The molecule has 136 valence electrons. The van der Waals surface area contributed by atoms with Crippen LogP contribution >= 0.6 is 0 Å². The first-order valence-corrected chi connectivity index (χ1v) is 8.59. The number of hydrogen-bond donors (Lipinski definition) is 2. The molecule has 0 fully saturated rings. The van der Waals surface area contributed by atoms with Gasteiger partial charge in [-0.25, -0.2) is 0 Å². The zero-order valence-electron chi connectivity index (χ0n) is 15.3. The van der Waals surface area contributed by atoms with Crippen molar-refractivity contribution in [1.29, 1.82) is 0 Å². The van der Waals surface area contributed by atoms with Crippen molar-refractivity contribution in [2.24, 2.45) is 5.92 Å². The molecule has 0 aliphatic rings. The number of aromatic nitrogens is 1. The van der Waals surface area contributed by atoms with Crippen LogP contribution in [-0.4, -0.2) is 31.7 Å². The maximum Gasteiger partial charge on any atom is 0.251 e. The van der Waals surface area contributed by atoms with Crippen molar-refractivity contribution in [3.8, 4) is 11.5 Å². The van der Waals surface area contributed by atoms with E-state index in [4.69, 9.17) is 9.47 Å². The average Bonchev–Trinajstić information content (AvgIpc) is 2.62. The second-order valence-corrected chi connectivity index (χ2v) is 5.97. The highest BCUT2D eigenvalue weighted by atomic mass is 16.5. The molecule has 6 heteroatoms. The number of methoxy groups -OCH3 is 2. The third-order valence-electron chi connectivity index (χ3n) is 4.48. The van der Waals surface area contributed by atoms with Crippen molar-refractivity contribution < 1.29 is 14.3 Å². The summed E-state index contributed by atoms with van der Waals surface area (Å²) in [6, 6.07) is 5.41. The summed E-state index contributed by atoms with van der Waals surface area (Å²) in [6.45, 7) is 4.45. The van der Waals surface area contributed by atoms with Crippen LogP contribution < -0.4 is 20.3 Å². The molecule has 2 aromatic rings. The van der Waals surface area contributed by atoms with E-state index in [1.807, 2.05) is 26.0 Å². The fourth-order valence-corrected chi connectivity index (χ4v) is 2.89. The van der Waals surface area contributed by atoms with Gasteiger partial charge in [-0.15, -0.1) is 0 Å². The standard InChI is InChI=1S/C19H26N2O4/c1-5-12(6-2)18(22)20-8-7-13-9-14-10-16(24-3)17(25-4)11-15(14)21-19(13)23/h9-12H,5-8H2,1-4H3,(H,20,22)(H,21,23). The highest BCUT2D eigenvalue weighted by Crippen LogP contribution is 2.31. The molecule has 1 amide bonds. The van der Waals surface area contributed by atoms with Gasteiger partial charge >= 0.3 is 0 Å². The summed E-state index contributed by atoms with van der Waals surface area (Å²) in [6.07, 6.45) is 2.12. The fraction of sp³-hybridized carbons (Fsp3) is 0.474. The van der Waals surface area contributed by atoms with Crippen molar-refractivity contribution in [1.82, 2.24) is 10.3 Å².